The fourth-order valence-electron chi connectivity index (χ4n) is 4.50. The lowest BCUT2D eigenvalue weighted by Crippen LogP contribution is -2.43. The van der Waals surface area contributed by atoms with Crippen molar-refractivity contribution in [3.8, 4) is 11.5 Å². The maximum absolute atomic E-state index is 13.0. The van der Waals surface area contributed by atoms with Crippen LogP contribution >= 0.6 is 0 Å². The first-order chi connectivity index (χ1) is 20.9. The van der Waals surface area contributed by atoms with Crippen LogP contribution in [0.3, 0.4) is 0 Å². The molecule has 1 aromatic rings. The maximum atomic E-state index is 13.0. The second-order valence-electron chi connectivity index (χ2n) is 10.9. The molecule has 10 heteroatoms. The Morgan fingerprint density at radius 3 is 2.55 bits per heavy atom. The SMILES string of the molecule is CC=C(C)C(=O)NC(C)C(=O)OC1CC=CC=CC=CC(OC)CC(=O)Nc2cc(O)cc(c2O)CCC=C(C)C(O)C1C. The van der Waals surface area contributed by atoms with Crippen LogP contribution in [0.4, 0.5) is 5.69 Å². The van der Waals surface area contributed by atoms with Crippen molar-refractivity contribution in [2.45, 2.75) is 84.7 Å². The van der Waals surface area contributed by atoms with E-state index < -0.39 is 42.1 Å². The summed E-state index contributed by atoms with van der Waals surface area (Å²) in [6.45, 7) is 8.49. The first-order valence-corrected chi connectivity index (χ1v) is 14.7. The molecule has 0 radical (unpaired) electrons. The number of allylic oxidation sites excluding steroid dienone is 6. The van der Waals surface area contributed by atoms with Gasteiger partial charge in [-0.15, -0.1) is 0 Å². The maximum Gasteiger partial charge on any atom is 0.328 e. The Bertz CT molecular complexity index is 1310. The van der Waals surface area contributed by atoms with Crippen molar-refractivity contribution in [2.24, 2.45) is 5.92 Å². The fraction of sp³-hybridized carbons (Fsp3) is 0.441. The number of amides is 2. The third-order valence-electron chi connectivity index (χ3n) is 7.49. The number of carbonyl (C=O) groups is 3. The number of nitrogens with one attached hydrogen (secondary N) is 2. The van der Waals surface area contributed by atoms with Crippen LogP contribution in [0.15, 0.2) is 71.9 Å². The first-order valence-electron chi connectivity index (χ1n) is 14.7. The number of aliphatic hydroxyl groups is 1. The number of carbonyl (C=O) groups excluding carboxylic acids is 3. The Balaban J connectivity index is 2.36. The van der Waals surface area contributed by atoms with Crippen LogP contribution in [0.1, 0.15) is 59.4 Å². The minimum atomic E-state index is -0.956. The van der Waals surface area contributed by atoms with Crippen molar-refractivity contribution in [3.05, 3.63) is 77.5 Å². The van der Waals surface area contributed by atoms with E-state index in [1.54, 1.807) is 71.1 Å². The van der Waals surface area contributed by atoms with Crippen molar-refractivity contribution in [3.63, 3.8) is 0 Å². The van der Waals surface area contributed by atoms with E-state index in [0.29, 0.717) is 36.0 Å². The van der Waals surface area contributed by atoms with Crippen molar-refractivity contribution >= 4 is 23.5 Å². The average molecular weight is 611 g/mol. The number of phenolic OH excluding ortho intramolecular Hbond substituents is 2. The summed E-state index contributed by atoms with van der Waals surface area (Å²) in [7, 11) is 1.48. The van der Waals surface area contributed by atoms with E-state index in [-0.39, 0.29) is 29.5 Å². The summed E-state index contributed by atoms with van der Waals surface area (Å²) in [6.07, 6.45) is 12.9. The summed E-state index contributed by atoms with van der Waals surface area (Å²) in [5.74, 6) is -2.15. The van der Waals surface area contributed by atoms with Gasteiger partial charge in [0, 0.05) is 31.1 Å². The molecule has 0 saturated heterocycles. The quantitative estimate of drug-likeness (QED) is 0.105. The number of phenols is 2. The van der Waals surface area contributed by atoms with Gasteiger partial charge in [-0.3, -0.25) is 9.59 Å². The molecule has 2 bridgehead atoms. The number of hydrogen-bond donors (Lipinski definition) is 5. The molecule has 5 unspecified atom stereocenters. The summed E-state index contributed by atoms with van der Waals surface area (Å²) < 4.78 is 11.2. The van der Waals surface area contributed by atoms with Gasteiger partial charge < -0.3 is 35.4 Å². The van der Waals surface area contributed by atoms with E-state index in [4.69, 9.17) is 9.47 Å². The molecule has 0 spiro atoms. The number of aromatic hydroxyl groups is 2. The monoisotopic (exact) mass is 610 g/mol. The molecule has 5 atom stereocenters. The second kappa shape index (κ2) is 17.8. The van der Waals surface area contributed by atoms with Gasteiger partial charge in [0.2, 0.25) is 11.8 Å². The number of aliphatic hydroxyl groups excluding tert-OH is 1. The van der Waals surface area contributed by atoms with Crippen molar-refractivity contribution in [2.75, 3.05) is 12.4 Å². The molecule has 10 nitrogen and oxygen atoms in total. The lowest BCUT2D eigenvalue weighted by atomic mass is 9.90. The molecule has 5 N–H and O–H groups in total. The van der Waals surface area contributed by atoms with Crippen LogP contribution < -0.4 is 10.6 Å². The Hall–Kier alpha value is -4.15. The van der Waals surface area contributed by atoms with Crippen molar-refractivity contribution in [1.82, 2.24) is 5.32 Å². The van der Waals surface area contributed by atoms with E-state index in [2.05, 4.69) is 10.6 Å². The van der Waals surface area contributed by atoms with Gasteiger partial charge in [0.05, 0.1) is 24.3 Å². The standard InChI is InChI=1S/C34H46N2O8/c1-7-21(2)33(41)35-24(5)34(42)44-29-17-12-10-8-9-11-16-27(43-6)20-30(38)36-28-19-26(37)18-25(32(28)40)15-13-14-22(3)31(39)23(29)4/h7-12,14,16,18-19,23-24,27,29,31,37,39-40H,13,15,17,20H2,1-6H3,(H,35,41)(H,36,38). The van der Waals surface area contributed by atoms with Gasteiger partial charge in [-0.2, -0.15) is 0 Å². The minimum Gasteiger partial charge on any atom is -0.508 e. The molecule has 1 aliphatic heterocycles. The molecule has 1 aliphatic rings. The largest absolute Gasteiger partial charge is 0.508 e. The number of benzene rings is 1. The molecule has 0 aliphatic carbocycles. The molecule has 1 heterocycles. The lowest BCUT2D eigenvalue weighted by molar-refractivity contribution is -0.156. The zero-order valence-electron chi connectivity index (χ0n) is 26.4. The highest BCUT2D eigenvalue weighted by Crippen LogP contribution is 2.34. The van der Waals surface area contributed by atoms with E-state index in [9.17, 15) is 29.7 Å². The third-order valence-corrected chi connectivity index (χ3v) is 7.49. The molecular formula is C34H46N2O8. The van der Waals surface area contributed by atoms with Crippen LogP contribution in [-0.4, -0.2) is 64.6 Å². The van der Waals surface area contributed by atoms with E-state index in [1.165, 1.54) is 19.2 Å². The molecule has 240 valence electrons. The highest BCUT2D eigenvalue weighted by molar-refractivity contribution is 5.95. The van der Waals surface area contributed by atoms with E-state index in [0.717, 1.165) is 0 Å². The molecule has 2 rings (SSSR count). The highest BCUT2D eigenvalue weighted by atomic mass is 16.5. The second-order valence-corrected chi connectivity index (χ2v) is 10.9. The Labute approximate surface area is 259 Å². The number of rotatable bonds is 5. The molecule has 2 amide bonds. The van der Waals surface area contributed by atoms with Gasteiger partial charge in [0.15, 0.2) is 0 Å². The number of anilines is 1. The van der Waals surface area contributed by atoms with Gasteiger partial charge >= 0.3 is 5.97 Å². The number of ether oxygens (including phenoxy) is 2. The number of esters is 1. The zero-order chi connectivity index (χ0) is 32.8. The molecule has 0 saturated carbocycles. The van der Waals surface area contributed by atoms with Gasteiger partial charge in [-0.05, 0) is 57.7 Å². The van der Waals surface area contributed by atoms with Crippen LogP contribution in [-0.2, 0) is 30.3 Å². The van der Waals surface area contributed by atoms with Gasteiger partial charge in [0.1, 0.15) is 23.6 Å². The Kier molecular flexibility index (Phi) is 14.6. The number of fused-ring (bicyclic) bond motifs is 2. The Morgan fingerprint density at radius 1 is 1.16 bits per heavy atom. The smallest absolute Gasteiger partial charge is 0.328 e. The van der Waals surface area contributed by atoms with Crippen LogP contribution in [0.5, 0.6) is 11.5 Å². The van der Waals surface area contributed by atoms with Crippen molar-refractivity contribution in [1.29, 1.82) is 0 Å². The predicted molar refractivity (Wildman–Crippen MR) is 170 cm³/mol. The van der Waals surface area contributed by atoms with Crippen molar-refractivity contribution < 1.29 is 39.2 Å². The molecule has 0 aromatic heterocycles. The van der Waals surface area contributed by atoms with Crippen LogP contribution in [0.2, 0.25) is 0 Å². The van der Waals surface area contributed by atoms with E-state index >= 15 is 0 Å². The minimum absolute atomic E-state index is 0.0148. The summed E-state index contributed by atoms with van der Waals surface area (Å²) in [5, 5.41) is 37.5. The van der Waals surface area contributed by atoms with E-state index in [1.807, 2.05) is 12.2 Å². The summed E-state index contributed by atoms with van der Waals surface area (Å²) in [6, 6.07) is 1.81. The predicted octanol–water partition coefficient (Wildman–Crippen LogP) is 4.77. The third kappa shape index (κ3) is 11.2. The van der Waals surface area contributed by atoms with Crippen LogP contribution in [0, 0.1) is 5.92 Å². The fourth-order valence-corrected chi connectivity index (χ4v) is 4.50. The van der Waals surface area contributed by atoms with Crippen LogP contribution in [0.25, 0.3) is 0 Å². The topological polar surface area (TPSA) is 154 Å². The summed E-state index contributed by atoms with van der Waals surface area (Å²) in [4.78, 5) is 37.8. The molecule has 44 heavy (non-hydrogen) atoms. The zero-order valence-corrected chi connectivity index (χ0v) is 26.4. The number of aryl methyl sites for hydroxylation is 1. The number of hydrogen-bond acceptors (Lipinski definition) is 8. The Morgan fingerprint density at radius 2 is 1.86 bits per heavy atom. The van der Waals surface area contributed by atoms with Gasteiger partial charge in [0.25, 0.3) is 0 Å². The molecule has 0 fully saturated rings. The summed E-state index contributed by atoms with van der Waals surface area (Å²) >= 11 is 0. The average Bonchev–Trinajstić information content (AvgIpc) is 2.99. The molecule has 1 aromatic carbocycles. The summed E-state index contributed by atoms with van der Waals surface area (Å²) in [5.41, 5.74) is 1.63. The first kappa shape index (κ1) is 36.0. The van der Waals surface area contributed by atoms with Gasteiger partial charge in [-0.1, -0.05) is 55.5 Å². The lowest BCUT2D eigenvalue weighted by Gasteiger charge is -2.29. The number of methoxy groups -OCH3 is 1. The molecular weight excluding hydrogens is 564 g/mol. The highest BCUT2D eigenvalue weighted by Gasteiger charge is 2.30. The van der Waals surface area contributed by atoms with Gasteiger partial charge in [-0.25, -0.2) is 4.79 Å². The normalized spacial score (nSPS) is 23.1.